The van der Waals surface area contributed by atoms with Gasteiger partial charge in [0.25, 0.3) is 5.91 Å². The van der Waals surface area contributed by atoms with E-state index in [0.717, 1.165) is 27.6 Å². The zero-order valence-electron chi connectivity index (χ0n) is 14.9. The van der Waals surface area contributed by atoms with Crippen molar-refractivity contribution in [3.8, 4) is 0 Å². The van der Waals surface area contributed by atoms with Crippen LogP contribution in [-0.4, -0.2) is 47.2 Å². The highest BCUT2D eigenvalue weighted by Crippen LogP contribution is 2.41. The van der Waals surface area contributed by atoms with Crippen molar-refractivity contribution in [3.05, 3.63) is 71.4 Å². The van der Waals surface area contributed by atoms with E-state index in [1.165, 1.54) is 0 Å². The van der Waals surface area contributed by atoms with Gasteiger partial charge < -0.3 is 14.8 Å². The lowest BCUT2D eigenvalue weighted by Crippen LogP contribution is -2.33. The molecule has 1 aliphatic heterocycles. The number of carbonyl (C=O) groups excluding carboxylic acids is 2. The Morgan fingerprint density at radius 2 is 1.81 bits per heavy atom. The number of benzene rings is 2. The molecule has 0 bridgehead atoms. The van der Waals surface area contributed by atoms with Crippen LogP contribution in [0, 0.1) is 0 Å². The van der Waals surface area contributed by atoms with Crippen molar-refractivity contribution in [2.75, 3.05) is 20.6 Å². The van der Waals surface area contributed by atoms with Crippen LogP contribution >= 0.6 is 0 Å². The Morgan fingerprint density at radius 3 is 2.62 bits per heavy atom. The molecule has 1 aromatic heterocycles. The van der Waals surface area contributed by atoms with Gasteiger partial charge in [0.15, 0.2) is 0 Å². The molecule has 5 heteroatoms. The van der Waals surface area contributed by atoms with Gasteiger partial charge in [-0.25, -0.2) is 0 Å². The maximum atomic E-state index is 13.0. The van der Waals surface area contributed by atoms with Crippen LogP contribution in [-0.2, 0) is 4.79 Å². The summed E-state index contributed by atoms with van der Waals surface area (Å²) < 4.78 is 0. The molecular formula is C21H21N3O2. The molecule has 3 aromatic rings. The summed E-state index contributed by atoms with van der Waals surface area (Å²) in [5.74, 6) is 0.00821. The van der Waals surface area contributed by atoms with Gasteiger partial charge in [0.2, 0.25) is 5.91 Å². The van der Waals surface area contributed by atoms with E-state index in [-0.39, 0.29) is 17.9 Å². The third-order valence-corrected chi connectivity index (χ3v) is 5.04. The number of para-hydroxylation sites is 1. The lowest BCUT2D eigenvalue weighted by atomic mass is 9.97. The maximum absolute atomic E-state index is 13.0. The molecule has 5 nitrogen and oxygen atoms in total. The number of aromatic nitrogens is 1. The smallest absolute Gasteiger partial charge is 0.255 e. The summed E-state index contributed by atoms with van der Waals surface area (Å²) in [4.78, 5) is 31.8. The molecular weight excluding hydrogens is 326 g/mol. The van der Waals surface area contributed by atoms with Crippen molar-refractivity contribution in [3.63, 3.8) is 0 Å². The van der Waals surface area contributed by atoms with Gasteiger partial charge in [0, 0.05) is 55.3 Å². The molecule has 0 fully saturated rings. The highest BCUT2D eigenvalue weighted by molar-refractivity contribution is 6.01. The number of amides is 2. The first-order valence-electron chi connectivity index (χ1n) is 8.74. The summed E-state index contributed by atoms with van der Waals surface area (Å²) in [6.45, 7) is 0.398. The van der Waals surface area contributed by atoms with E-state index in [1.807, 2.05) is 53.6 Å². The number of hydrogen-bond donors (Lipinski definition) is 1. The van der Waals surface area contributed by atoms with E-state index in [1.54, 1.807) is 19.0 Å². The quantitative estimate of drug-likeness (QED) is 0.788. The van der Waals surface area contributed by atoms with Crippen molar-refractivity contribution in [2.45, 2.75) is 12.5 Å². The summed E-state index contributed by atoms with van der Waals surface area (Å²) in [6, 6.07) is 15.6. The van der Waals surface area contributed by atoms with Gasteiger partial charge in [0.05, 0.1) is 6.04 Å². The van der Waals surface area contributed by atoms with Gasteiger partial charge in [-0.2, -0.15) is 0 Å². The average molecular weight is 347 g/mol. The van der Waals surface area contributed by atoms with Crippen molar-refractivity contribution >= 4 is 22.7 Å². The van der Waals surface area contributed by atoms with Crippen molar-refractivity contribution in [1.82, 2.24) is 14.8 Å². The Labute approximate surface area is 152 Å². The summed E-state index contributed by atoms with van der Waals surface area (Å²) in [5, 5.41) is 1.10. The highest BCUT2D eigenvalue weighted by Gasteiger charge is 2.38. The predicted octanol–water partition coefficient (Wildman–Crippen LogP) is 3.19. The Kier molecular flexibility index (Phi) is 3.99. The Balaban J connectivity index is 1.77. The fourth-order valence-corrected chi connectivity index (χ4v) is 3.70. The molecule has 0 saturated carbocycles. The summed E-state index contributed by atoms with van der Waals surface area (Å²) >= 11 is 0. The topological polar surface area (TPSA) is 56.4 Å². The predicted molar refractivity (Wildman–Crippen MR) is 101 cm³/mol. The van der Waals surface area contributed by atoms with Gasteiger partial charge in [-0.1, -0.05) is 36.4 Å². The molecule has 4 rings (SSSR count). The summed E-state index contributed by atoms with van der Waals surface area (Å²) in [6.07, 6.45) is 2.29. The normalized spacial score (nSPS) is 16.2. The minimum absolute atomic E-state index is 0.0116. The number of fused-ring (bicyclic) bond motifs is 2. The Hall–Kier alpha value is -3.08. The maximum Gasteiger partial charge on any atom is 0.255 e. The van der Waals surface area contributed by atoms with Crippen LogP contribution in [0.2, 0.25) is 0 Å². The molecule has 1 N–H and O–H groups in total. The Morgan fingerprint density at radius 1 is 1.08 bits per heavy atom. The Bertz CT molecular complexity index is 990. The van der Waals surface area contributed by atoms with E-state index in [0.29, 0.717) is 13.0 Å². The highest BCUT2D eigenvalue weighted by atomic mass is 16.2. The van der Waals surface area contributed by atoms with Crippen LogP contribution < -0.4 is 0 Å². The second kappa shape index (κ2) is 6.33. The first kappa shape index (κ1) is 16.4. The van der Waals surface area contributed by atoms with E-state index < -0.39 is 0 Å². The van der Waals surface area contributed by atoms with Crippen LogP contribution in [0.4, 0.5) is 0 Å². The molecule has 0 spiro atoms. The SMILES string of the molecule is CN(C)C(=O)CCN1C(=O)c2ccccc2C1c1c[nH]c2ccccc12. The van der Waals surface area contributed by atoms with Crippen LogP contribution in [0.5, 0.6) is 0 Å². The molecule has 26 heavy (non-hydrogen) atoms. The first-order valence-corrected chi connectivity index (χ1v) is 8.74. The van der Waals surface area contributed by atoms with Crippen molar-refractivity contribution in [1.29, 1.82) is 0 Å². The van der Waals surface area contributed by atoms with Gasteiger partial charge in [-0.15, -0.1) is 0 Å². The fourth-order valence-electron chi connectivity index (χ4n) is 3.70. The molecule has 2 heterocycles. The minimum atomic E-state index is -0.176. The molecule has 2 amide bonds. The second-order valence-electron chi connectivity index (χ2n) is 6.82. The van der Waals surface area contributed by atoms with Gasteiger partial charge in [-0.3, -0.25) is 9.59 Å². The number of hydrogen-bond acceptors (Lipinski definition) is 2. The van der Waals surface area contributed by atoms with Crippen LogP contribution in [0.25, 0.3) is 10.9 Å². The molecule has 0 aliphatic carbocycles. The molecule has 0 radical (unpaired) electrons. The number of carbonyl (C=O) groups is 2. The monoisotopic (exact) mass is 347 g/mol. The fraction of sp³-hybridized carbons (Fsp3) is 0.238. The van der Waals surface area contributed by atoms with Crippen LogP contribution in [0.15, 0.2) is 54.7 Å². The van der Waals surface area contributed by atoms with E-state index in [2.05, 4.69) is 11.1 Å². The molecule has 1 aliphatic rings. The lowest BCUT2D eigenvalue weighted by Gasteiger charge is -2.25. The van der Waals surface area contributed by atoms with Gasteiger partial charge in [0.1, 0.15) is 0 Å². The second-order valence-corrected chi connectivity index (χ2v) is 6.82. The zero-order chi connectivity index (χ0) is 18.3. The summed E-state index contributed by atoms with van der Waals surface area (Å²) in [7, 11) is 3.47. The van der Waals surface area contributed by atoms with Gasteiger partial charge in [-0.05, 0) is 17.7 Å². The number of nitrogens with one attached hydrogen (secondary N) is 1. The van der Waals surface area contributed by atoms with E-state index >= 15 is 0 Å². The van der Waals surface area contributed by atoms with Crippen LogP contribution in [0.3, 0.4) is 0 Å². The number of rotatable bonds is 4. The molecule has 1 atom stereocenters. The number of aromatic amines is 1. The standard InChI is InChI=1S/C21H21N3O2/c1-23(2)19(25)11-12-24-20(15-8-3-4-9-16(15)21(24)26)17-13-22-18-10-6-5-7-14(17)18/h3-10,13,20,22H,11-12H2,1-2H3. The molecule has 1 unspecified atom stereocenters. The van der Waals surface area contributed by atoms with Gasteiger partial charge >= 0.3 is 0 Å². The molecule has 132 valence electrons. The first-order chi connectivity index (χ1) is 12.6. The largest absolute Gasteiger partial charge is 0.361 e. The third-order valence-electron chi connectivity index (χ3n) is 5.04. The average Bonchev–Trinajstić information content (AvgIpc) is 3.19. The third kappa shape index (κ3) is 2.56. The van der Waals surface area contributed by atoms with E-state index in [4.69, 9.17) is 0 Å². The minimum Gasteiger partial charge on any atom is -0.361 e. The summed E-state index contributed by atoms with van der Waals surface area (Å²) in [5.41, 5.74) is 3.83. The molecule has 0 saturated heterocycles. The van der Waals surface area contributed by atoms with Crippen molar-refractivity contribution < 1.29 is 9.59 Å². The van der Waals surface area contributed by atoms with E-state index in [9.17, 15) is 9.59 Å². The number of H-pyrrole nitrogens is 1. The van der Waals surface area contributed by atoms with Crippen molar-refractivity contribution in [2.24, 2.45) is 0 Å². The van der Waals surface area contributed by atoms with Crippen LogP contribution in [0.1, 0.15) is 33.9 Å². The molecule has 2 aromatic carbocycles. The number of nitrogens with zero attached hydrogens (tertiary/aromatic N) is 2. The zero-order valence-corrected chi connectivity index (χ0v) is 14.9. The lowest BCUT2D eigenvalue weighted by molar-refractivity contribution is -0.128.